The maximum Gasteiger partial charge on any atom is 0.162 e. The average molecular weight is 380 g/mol. The van der Waals surface area contributed by atoms with Gasteiger partial charge in [-0.15, -0.1) is 10.2 Å². The first kappa shape index (κ1) is 16.9. The van der Waals surface area contributed by atoms with Crippen LogP contribution in [0.25, 0.3) is 27.7 Å². The number of halogens is 2. The monoisotopic (exact) mass is 380 g/mol. The molecule has 0 amide bonds. The molecule has 0 unspecified atom stereocenters. The minimum absolute atomic E-state index is 0.0853. The second-order valence-electron chi connectivity index (χ2n) is 7.61. The Bertz CT molecular complexity index is 1270. The van der Waals surface area contributed by atoms with E-state index in [-0.39, 0.29) is 11.3 Å². The number of aromatic nitrogens is 5. The molecule has 1 aliphatic rings. The van der Waals surface area contributed by atoms with E-state index in [1.165, 1.54) is 6.07 Å². The summed E-state index contributed by atoms with van der Waals surface area (Å²) in [4.78, 5) is 0. The third-order valence-electron chi connectivity index (χ3n) is 5.31. The van der Waals surface area contributed by atoms with Gasteiger partial charge in [0.2, 0.25) is 0 Å². The van der Waals surface area contributed by atoms with E-state index in [1.54, 1.807) is 41.5 Å². The third kappa shape index (κ3) is 2.08. The third-order valence-corrected chi connectivity index (χ3v) is 5.31. The summed E-state index contributed by atoms with van der Waals surface area (Å²) in [6.07, 6.45) is 1.62. The van der Waals surface area contributed by atoms with Crippen molar-refractivity contribution in [2.45, 2.75) is 26.3 Å². The minimum atomic E-state index is -0.654. The first-order chi connectivity index (χ1) is 13.3. The Morgan fingerprint density at radius 1 is 1.14 bits per heavy atom. The standard InChI is InChI=1S/C20H18F2N6/c1-10-25-26-19-20(2,3)24-14-8-13(21)16(17(22)18(14)28(10)19)11-6-5-7-15-12(11)9-23-27(15)4/h5-9,24H,1-4H3. The van der Waals surface area contributed by atoms with Crippen LogP contribution in [-0.4, -0.2) is 24.5 Å². The van der Waals surface area contributed by atoms with E-state index in [9.17, 15) is 0 Å². The highest BCUT2D eigenvalue weighted by atomic mass is 19.1. The number of nitrogens with zero attached hydrogens (tertiary/aromatic N) is 5. The predicted molar refractivity (Wildman–Crippen MR) is 102 cm³/mol. The van der Waals surface area contributed by atoms with Crippen LogP contribution >= 0.6 is 0 Å². The van der Waals surface area contributed by atoms with Crippen LogP contribution in [0.1, 0.15) is 25.5 Å². The summed E-state index contributed by atoms with van der Waals surface area (Å²) in [5, 5.41) is 16.4. The van der Waals surface area contributed by atoms with Gasteiger partial charge >= 0.3 is 0 Å². The van der Waals surface area contributed by atoms with Gasteiger partial charge in [0.15, 0.2) is 11.6 Å². The topological polar surface area (TPSA) is 60.6 Å². The van der Waals surface area contributed by atoms with Crippen LogP contribution in [0.5, 0.6) is 0 Å². The largest absolute Gasteiger partial charge is 0.371 e. The first-order valence-electron chi connectivity index (χ1n) is 8.94. The fourth-order valence-corrected chi connectivity index (χ4v) is 3.99. The second kappa shape index (κ2) is 5.37. The number of nitrogens with one attached hydrogen (secondary N) is 1. The molecule has 0 atom stereocenters. The Labute approximate surface area is 159 Å². The Morgan fingerprint density at radius 3 is 2.71 bits per heavy atom. The Balaban J connectivity index is 1.86. The van der Waals surface area contributed by atoms with E-state index >= 15 is 8.78 Å². The zero-order valence-corrected chi connectivity index (χ0v) is 15.9. The first-order valence-corrected chi connectivity index (χ1v) is 8.94. The summed E-state index contributed by atoms with van der Waals surface area (Å²) < 4.78 is 34.3. The molecule has 2 aromatic heterocycles. The van der Waals surface area contributed by atoms with Crippen molar-refractivity contribution in [1.29, 1.82) is 0 Å². The summed E-state index contributed by atoms with van der Waals surface area (Å²) in [5.41, 5.74) is 1.16. The van der Waals surface area contributed by atoms with Crippen LogP contribution < -0.4 is 5.32 Å². The number of fused-ring (bicyclic) bond motifs is 4. The lowest BCUT2D eigenvalue weighted by Crippen LogP contribution is -2.36. The highest BCUT2D eigenvalue weighted by molar-refractivity contribution is 5.96. The van der Waals surface area contributed by atoms with Crippen molar-refractivity contribution in [3.8, 4) is 16.8 Å². The lowest BCUT2D eigenvalue weighted by atomic mass is 9.95. The SMILES string of the molecule is Cc1nnc2n1-c1c(cc(F)c(-c3cccc4c3cnn4C)c1F)NC2(C)C. The molecule has 1 N–H and O–H groups in total. The molecule has 0 bridgehead atoms. The molecule has 8 heteroatoms. The quantitative estimate of drug-likeness (QED) is 0.541. The molecular formula is C20H18F2N6. The minimum Gasteiger partial charge on any atom is -0.371 e. The van der Waals surface area contributed by atoms with Crippen LogP contribution in [0.2, 0.25) is 0 Å². The number of hydrogen-bond donors (Lipinski definition) is 1. The maximum atomic E-state index is 15.8. The average Bonchev–Trinajstić information content (AvgIpc) is 3.19. The van der Waals surface area contributed by atoms with Crippen LogP contribution in [0.15, 0.2) is 30.5 Å². The molecule has 142 valence electrons. The molecular weight excluding hydrogens is 362 g/mol. The number of hydrogen-bond acceptors (Lipinski definition) is 4. The fraction of sp³-hybridized carbons (Fsp3) is 0.250. The summed E-state index contributed by atoms with van der Waals surface area (Å²) in [6, 6.07) is 6.69. The lowest BCUT2D eigenvalue weighted by Gasteiger charge is -2.34. The Kier molecular flexibility index (Phi) is 3.23. The molecule has 0 spiro atoms. The Hall–Kier alpha value is -3.29. The summed E-state index contributed by atoms with van der Waals surface area (Å²) >= 11 is 0. The number of benzene rings is 2. The van der Waals surface area contributed by atoms with Gasteiger partial charge < -0.3 is 5.32 Å². The molecule has 0 aliphatic carbocycles. The summed E-state index contributed by atoms with van der Waals surface area (Å²) in [7, 11) is 1.80. The highest BCUT2D eigenvalue weighted by Gasteiger charge is 2.37. The highest BCUT2D eigenvalue weighted by Crippen LogP contribution is 2.43. The van der Waals surface area contributed by atoms with Crippen molar-refractivity contribution >= 4 is 16.6 Å². The van der Waals surface area contributed by atoms with Crippen LogP contribution in [0, 0.1) is 18.6 Å². The zero-order valence-electron chi connectivity index (χ0n) is 15.9. The number of anilines is 1. The van der Waals surface area contributed by atoms with E-state index in [0.717, 1.165) is 5.52 Å². The van der Waals surface area contributed by atoms with Gasteiger partial charge in [-0.25, -0.2) is 8.78 Å². The van der Waals surface area contributed by atoms with Crippen molar-refractivity contribution in [3.63, 3.8) is 0 Å². The van der Waals surface area contributed by atoms with Gasteiger partial charge in [-0.2, -0.15) is 5.10 Å². The molecule has 2 aromatic carbocycles. The van der Waals surface area contributed by atoms with Crippen LogP contribution in [0.4, 0.5) is 14.5 Å². The molecule has 5 rings (SSSR count). The predicted octanol–water partition coefficient (Wildman–Crippen LogP) is 4.07. The lowest BCUT2D eigenvalue weighted by molar-refractivity contribution is 0.517. The van der Waals surface area contributed by atoms with Gasteiger partial charge in [0.05, 0.1) is 28.5 Å². The van der Waals surface area contributed by atoms with Crippen LogP contribution in [-0.2, 0) is 12.6 Å². The number of rotatable bonds is 1. The maximum absolute atomic E-state index is 15.8. The zero-order chi connectivity index (χ0) is 19.8. The molecule has 6 nitrogen and oxygen atoms in total. The second-order valence-corrected chi connectivity index (χ2v) is 7.61. The van der Waals surface area contributed by atoms with Crippen molar-refractivity contribution in [3.05, 3.63) is 53.7 Å². The van der Waals surface area contributed by atoms with E-state index in [2.05, 4.69) is 20.6 Å². The molecule has 28 heavy (non-hydrogen) atoms. The van der Waals surface area contributed by atoms with Crippen LogP contribution in [0.3, 0.4) is 0 Å². The van der Waals surface area contributed by atoms with Crippen molar-refractivity contribution in [1.82, 2.24) is 24.5 Å². The molecule has 1 aliphatic heterocycles. The van der Waals surface area contributed by atoms with E-state index in [1.807, 2.05) is 19.9 Å². The van der Waals surface area contributed by atoms with Gasteiger partial charge in [0.25, 0.3) is 0 Å². The van der Waals surface area contributed by atoms with E-state index in [4.69, 9.17) is 0 Å². The summed E-state index contributed by atoms with van der Waals surface area (Å²) in [5.74, 6) is -0.168. The Morgan fingerprint density at radius 2 is 1.93 bits per heavy atom. The van der Waals surface area contributed by atoms with E-state index in [0.29, 0.717) is 28.3 Å². The van der Waals surface area contributed by atoms with E-state index < -0.39 is 17.2 Å². The number of aryl methyl sites for hydroxylation is 2. The van der Waals surface area contributed by atoms with Gasteiger partial charge in [-0.05, 0) is 32.4 Å². The molecule has 0 fully saturated rings. The van der Waals surface area contributed by atoms with Gasteiger partial charge in [-0.3, -0.25) is 9.25 Å². The molecule has 0 saturated heterocycles. The smallest absolute Gasteiger partial charge is 0.162 e. The van der Waals surface area contributed by atoms with Gasteiger partial charge in [-0.1, -0.05) is 12.1 Å². The molecule has 3 heterocycles. The van der Waals surface area contributed by atoms with Crippen molar-refractivity contribution in [2.75, 3.05) is 5.32 Å². The summed E-state index contributed by atoms with van der Waals surface area (Å²) in [6.45, 7) is 5.55. The molecule has 0 saturated carbocycles. The fourth-order valence-electron chi connectivity index (χ4n) is 3.99. The normalized spacial score (nSPS) is 14.6. The van der Waals surface area contributed by atoms with Crippen molar-refractivity contribution in [2.24, 2.45) is 7.05 Å². The molecule has 4 aromatic rings. The molecule has 0 radical (unpaired) electrons. The van der Waals surface area contributed by atoms with Crippen molar-refractivity contribution < 1.29 is 8.78 Å². The van der Waals surface area contributed by atoms with Gasteiger partial charge in [0, 0.05) is 18.5 Å². The van der Waals surface area contributed by atoms with Gasteiger partial charge in [0.1, 0.15) is 17.3 Å².